The summed E-state index contributed by atoms with van der Waals surface area (Å²) in [5, 5.41) is 4.85. The standard InChI is InChI=1S/C17H12O2.C10H7I/c18-12-13-5-3-8-15(11-13)19-17-10-4-7-14-6-1-2-9-16(14)17;11-10-7-3-5-8-4-1-2-6-9(8)10/h1-12H;1-7H. The summed E-state index contributed by atoms with van der Waals surface area (Å²) in [6, 6.07) is 35.9. The largest absolute Gasteiger partial charge is 0.457 e. The van der Waals surface area contributed by atoms with Gasteiger partial charge < -0.3 is 4.74 Å². The summed E-state index contributed by atoms with van der Waals surface area (Å²) in [5.74, 6) is 1.46. The molecule has 146 valence electrons. The van der Waals surface area contributed by atoms with Crippen molar-refractivity contribution in [2.75, 3.05) is 0 Å². The highest BCUT2D eigenvalue weighted by molar-refractivity contribution is 14.1. The summed E-state index contributed by atoms with van der Waals surface area (Å²) >= 11 is 2.36. The van der Waals surface area contributed by atoms with Crippen LogP contribution in [0.1, 0.15) is 10.4 Å². The van der Waals surface area contributed by atoms with Gasteiger partial charge >= 0.3 is 0 Å². The van der Waals surface area contributed by atoms with Crippen LogP contribution in [0.25, 0.3) is 21.5 Å². The molecule has 0 radical (unpaired) electrons. The smallest absolute Gasteiger partial charge is 0.150 e. The Kier molecular flexibility index (Phi) is 6.40. The zero-order valence-electron chi connectivity index (χ0n) is 16.2. The number of carbonyl (C=O) groups is 1. The SMILES string of the molecule is Ic1cccc2ccccc12.O=Cc1cccc(Oc2cccc3ccccc23)c1. The number of carbonyl (C=O) groups excluding carboxylic acids is 1. The molecule has 0 saturated carbocycles. The van der Waals surface area contributed by atoms with Gasteiger partial charge in [0.05, 0.1) is 0 Å². The highest BCUT2D eigenvalue weighted by atomic mass is 127. The van der Waals surface area contributed by atoms with Gasteiger partial charge in [-0.05, 0) is 63.0 Å². The zero-order valence-corrected chi connectivity index (χ0v) is 18.3. The van der Waals surface area contributed by atoms with Crippen molar-refractivity contribution in [2.24, 2.45) is 0 Å². The van der Waals surface area contributed by atoms with E-state index in [4.69, 9.17) is 4.74 Å². The first-order valence-corrected chi connectivity index (χ1v) is 10.7. The van der Waals surface area contributed by atoms with E-state index in [2.05, 4.69) is 65.1 Å². The zero-order chi connectivity index (χ0) is 20.8. The fourth-order valence-electron chi connectivity index (χ4n) is 3.25. The predicted octanol–water partition coefficient (Wildman–Crippen LogP) is 7.89. The molecule has 0 aromatic heterocycles. The molecule has 0 N–H and O–H groups in total. The minimum Gasteiger partial charge on any atom is -0.457 e. The normalized spacial score (nSPS) is 10.3. The molecule has 5 rings (SSSR count). The topological polar surface area (TPSA) is 26.3 Å². The predicted molar refractivity (Wildman–Crippen MR) is 133 cm³/mol. The molecule has 0 saturated heterocycles. The number of halogens is 1. The van der Waals surface area contributed by atoms with E-state index in [9.17, 15) is 4.79 Å². The first kappa shape index (κ1) is 20.1. The number of aldehydes is 1. The third-order valence-electron chi connectivity index (χ3n) is 4.71. The van der Waals surface area contributed by atoms with E-state index < -0.39 is 0 Å². The van der Waals surface area contributed by atoms with Crippen LogP contribution in [-0.4, -0.2) is 6.29 Å². The summed E-state index contributed by atoms with van der Waals surface area (Å²) in [6.45, 7) is 0. The molecule has 30 heavy (non-hydrogen) atoms. The van der Waals surface area contributed by atoms with E-state index in [0.29, 0.717) is 11.3 Å². The lowest BCUT2D eigenvalue weighted by molar-refractivity contribution is 0.112. The Bertz CT molecular complexity index is 1300. The molecule has 5 aromatic rings. The second-order valence-corrected chi connectivity index (χ2v) is 7.89. The number of hydrogen-bond donors (Lipinski definition) is 0. The number of benzene rings is 5. The third-order valence-corrected chi connectivity index (χ3v) is 5.65. The first-order chi connectivity index (χ1) is 14.7. The highest BCUT2D eigenvalue weighted by Gasteiger charge is 2.03. The van der Waals surface area contributed by atoms with E-state index in [1.807, 2.05) is 54.6 Å². The van der Waals surface area contributed by atoms with Crippen molar-refractivity contribution >= 4 is 50.4 Å². The summed E-state index contributed by atoms with van der Waals surface area (Å²) in [4.78, 5) is 10.8. The van der Waals surface area contributed by atoms with Gasteiger partial charge in [-0.2, -0.15) is 0 Å². The van der Waals surface area contributed by atoms with Crippen molar-refractivity contribution in [2.45, 2.75) is 0 Å². The molecule has 0 aliphatic heterocycles. The average Bonchev–Trinajstić information content (AvgIpc) is 2.80. The Labute approximate surface area is 189 Å². The van der Waals surface area contributed by atoms with E-state index in [0.717, 1.165) is 22.8 Å². The van der Waals surface area contributed by atoms with Crippen LogP contribution in [0.3, 0.4) is 0 Å². The molecular weight excluding hydrogens is 483 g/mol. The lowest BCUT2D eigenvalue weighted by atomic mass is 10.1. The number of hydrogen-bond acceptors (Lipinski definition) is 2. The van der Waals surface area contributed by atoms with Gasteiger partial charge in [0.2, 0.25) is 0 Å². The Morgan fingerprint density at radius 2 is 1.23 bits per heavy atom. The van der Waals surface area contributed by atoms with Gasteiger partial charge in [-0.25, -0.2) is 0 Å². The van der Waals surface area contributed by atoms with E-state index in [1.54, 1.807) is 12.1 Å². The van der Waals surface area contributed by atoms with Gasteiger partial charge in [-0.15, -0.1) is 0 Å². The Balaban J connectivity index is 0.000000168. The molecule has 0 fully saturated rings. The fraction of sp³-hybridized carbons (Fsp3) is 0. The number of fused-ring (bicyclic) bond motifs is 2. The molecule has 3 heteroatoms. The maximum Gasteiger partial charge on any atom is 0.150 e. The Morgan fingerprint density at radius 3 is 1.97 bits per heavy atom. The van der Waals surface area contributed by atoms with E-state index in [1.165, 1.54) is 14.3 Å². The van der Waals surface area contributed by atoms with Crippen molar-refractivity contribution in [3.63, 3.8) is 0 Å². The van der Waals surface area contributed by atoms with Crippen LogP contribution >= 0.6 is 22.6 Å². The number of ether oxygens (including phenoxy) is 1. The van der Waals surface area contributed by atoms with Crippen molar-refractivity contribution in [3.05, 3.63) is 118 Å². The summed E-state index contributed by atoms with van der Waals surface area (Å²) < 4.78 is 7.20. The summed E-state index contributed by atoms with van der Waals surface area (Å²) in [6.07, 6.45) is 0.815. The molecule has 0 heterocycles. The van der Waals surface area contributed by atoms with Crippen LogP contribution < -0.4 is 4.74 Å². The van der Waals surface area contributed by atoms with Crippen molar-refractivity contribution in [1.82, 2.24) is 0 Å². The van der Waals surface area contributed by atoms with Gasteiger partial charge in [0, 0.05) is 14.5 Å². The van der Waals surface area contributed by atoms with Crippen LogP contribution in [0, 0.1) is 3.57 Å². The van der Waals surface area contributed by atoms with E-state index in [-0.39, 0.29) is 0 Å². The molecule has 0 unspecified atom stereocenters. The quantitative estimate of drug-likeness (QED) is 0.185. The minimum absolute atomic E-state index is 0.609. The molecular formula is C27H19IO2. The second kappa shape index (κ2) is 9.55. The molecule has 0 aliphatic carbocycles. The third kappa shape index (κ3) is 4.69. The average molecular weight is 502 g/mol. The van der Waals surface area contributed by atoms with Gasteiger partial charge in [0.15, 0.2) is 0 Å². The van der Waals surface area contributed by atoms with Crippen LogP contribution in [0.15, 0.2) is 109 Å². The number of rotatable bonds is 3. The van der Waals surface area contributed by atoms with Gasteiger partial charge in [0.1, 0.15) is 17.8 Å². The van der Waals surface area contributed by atoms with Crippen LogP contribution in [0.4, 0.5) is 0 Å². The van der Waals surface area contributed by atoms with Crippen LogP contribution in [-0.2, 0) is 0 Å². The Hall–Kier alpha value is -3.18. The van der Waals surface area contributed by atoms with Gasteiger partial charge in [-0.3, -0.25) is 4.79 Å². The molecule has 5 aromatic carbocycles. The monoisotopic (exact) mass is 502 g/mol. The highest BCUT2D eigenvalue weighted by Crippen LogP contribution is 2.29. The molecule has 0 bridgehead atoms. The molecule has 0 aliphatic rings. The van der Waals surface area contributed by atoms with Crippen LogP contribution in [0.5, 0.6) is 11.5 Å². The van der Waals surface area contributed by atoms with Crippen molar-refractivity contribution in [3.8, 4) is 11.5 Å². The lowest BCUT2D eigenvalue weighted by Gasteiger charge is -2.09. The van der Waals surface area contributed by atoms with Gasteiger partial charge in [-0.1, -0.05) is 84.9 Å². The van der Waals surface area contributed by atoms with E-state index >= 15 is 0 Å². The second-order valence-electron chi connectivity index (χ2n) is 6.73. The summed E-state index contributed by atoms with van der Waals surface area (Å²) in [5.41, 5.74) is 0.609. The maximum atomic E-state index is 10.8. The summed E-state index contributed by atoms with van der Waals surface area (Å²) in [7, 11) is 0. The molecule has 0 amide bonds. The molecule has 2 nitrogen and oxygen atoms in total. The van der Waals surface area contributed by atoms with Gasteiger partial charge in [0.25, 0.3) is 0 Å². The van der Waals surface area contributed by atoms with Crippen molar-refractivity contribution in [1.29, 1.82) is 0 Å². The Morgan fingerprint density at radius 1 is 0.633 bits per heavy atom. The fourth-order valence-corrected chi connectivity index (χ4v) is 3.95. The van der Waals surface area contributed by atoms with Crippen molar-refractivity contribution < 1.29 is 9.53 Å². The maximum absolute atomic E-state index is 10.8. The lowest BCUT2D eigenvalue weighted by Crippen LogP contribution is -1.87. The van der Waals surface area contributed by atoms with Crippen LogP contribution in [0.2, 0.25) is 0 Å². The molecule has 0 atom stereocenters. The minimum atomic E-state index is 0.609. The first-order valence-electron chi connectivity index (χ1n) is 9.59. The molecule has 0 spiro atoms.